The minimum Gasteiger partial charge on any atom is -0.481 e. The summed E-state index contributed by atoms with van der Waals surface area (Å²) in [6.07, 6.45) is -0.803. The number of ether oxygens (including phenoxy) is 5. The van der Waals surface area contributed by atoms with E-state index in [-0.39, 0.29) is 5.16 Å². The van der Waals surface area contributed by atoms with Gasteiger partial charge in [0.15, 0.2) is 16.7 Å². The molecular formula is C12H18N2O6S. The standard InChI is InChI=1S/C12H18N2O6S/c1-16-7-6-8(17-2)14-12(13-7)21-9(10(15)18-3)11(19-4)20-5/h6,9,11H,1-5H3. The number of carbonyl (C=O) groups is 1. The van der Waals surface area contributed by atoms with Gasteiger partial charge in [-0.1, -0.05) is 11.8 Å². The molecule has 0 aliphatic heterocycles. The van der Waals surface area contributed by atoms with E-state index in [2.05, 4.69) is 9.97 Å². The zero-order valence-electron chi connectivity index (χ0n) is 12.5. The van der Waals surface area contributed by atoms with Crippen LogP contribution in [0.1, 0.15) is 0 Å². The lowest BCUT2D eigenvalue weighted by Gasteiger charge is -2.21. The van der Waals surface area contributed by atoms with E-state index in [9.17, 15) is 4.79 Å². The maximum Gasteiger partial charge on any atom is 0.324 e. The van der Waals surface area contributed by atoms with Crippen molar-refractivity contribution in [2.75, 3.05) is 35.5 Å². The van der Waals surface area contributed by atoms with Crippen molar-refractivity contribution in [2.45, 2.75) is 16.7 Å². The van der Waals surface area contributed by atoms with E-state index in [0.29, 0.717) is 11.8 Å². The number of carbonyl (C=O) groups excluding carboxylic acids is 1. The second-order valence-corrected chi connectivity index (χ2v) is 4.75. The molecule has 1 rings (SSSR count). The number of hydrogen-bond donors (Lipinski definition) is 0. The quantitative estimate of drug-likeness (QED) is 0.298. The monoisotopic (exact) mass is 318 g/mol. The van der Waals surface area contributed by atoms with Gasteiger partial charge >= 0.3 is 5.97 Å². The van der Waals surface area contributed by atoms with Gasteiger partial charge in [0.1, 0.15) is 0 Å². The summed E-state index contributed by atoms with van der Waals surface area (Å²) in [5.74, 6) is 0.123. The molecule has 118 valence electrons. The second kappa shape index (κ2) is 8.65. The Kier molecular flexibility index (Phi) is 7.20. The lowest BCUT2D eigenvalue weighted by molar-refractivity contribution is -0.154. The Morgan fingerprint density at radius 2 is 1.57 bits per heavy atom. The zero-order chi connectivity index (χ0) is 15.8. The van der Waals surface area contributed by atoms with Crippen LogP contribution in [-0.2, 0) is 19.0 Å². The van der Waals surface area contributed by atoms with Gasteiger partial charge in [0.05, 0.1) is 27.4 Å². The van der Waals surface area contributed by atoms with Crippen molar-refractivity contribution >= 4 is 17.7 Å². The van der Waals surface area contributed by atoms with Crippen LogP contribution in [0.3, 0.4) is 0 Å². The number of rotatable bonds is 8. The smallest absolute Gasteiger partial charge is 0.324 e. The Morgan fingerprint density at radius 3 is 1.95 bits per heavy atom. The fourth-order valence-corrected chi connectivity index (χ4v) is 2.47. The molecule has 8 nitrogen and oxygen atoms in total. The van der Waals surface area contributed by atoms with Gasteiger partial charge in [-0.3, -0.25) is 4.79 Å². The van der Waals surface area contributed by atoms with Crippen LogP contribution < -0.4 is 9.47 Å². The predicted molar refractivity (Wildman–Crippen MR) is 74.6 cm³/mol. The first-order valence-corrected chi connectivity index (χ1v) is 6.74. The summed E-state index contributed by atoms with van der Waals surface area (Å²) in [4.78, 5) is 20.1. The van der Waals surface area contributed by atoms with Crippen molar-refractivity contribution in [3.05, 3.63) is 6.07 Å². The highest BCUT2D eigenvalue weighted by molar-refractivity contribution is 8.00. The molecule has 0 fully saturated rings. The topological polar surface area (TPSA) is 89.0 Å². The molecule has 21 heavy (non-hydrogen) atoms. The van der Waals surface area contributed by atoms with Gasteiger partial charge < -0.3 is 23.7 Å². The Balaban J connectivity index is 3.04. The third kappa shape index (κ3) is 4.73. The second-order valence-electron chi connectivity index (χ2n) is 3.64. The predicted octanol–water partition coefficient (Wildman–Crippen LogP) is 0.746. The zero-order valence-corrected chi connectivity index (χ0v) is 13.3. The van der Waals surface area contributed by atoms with Crippen LogP contribution in [0.25, 0.3) is 0 Å². The highest BCUT2D eigenvalue weighted by atomic mass is 32.2. The average molecular weight is 318 g/mol. The van der Waals surface area contributed by atoms with Crippen molar-refractivity contribution in [3.63, 3.8) is 0 Å². The third-order valence-corrected chi connectivity index (χ3v) is 3.52. The molecule has 1 atom stereocenters. The minimum absolute atomic E-state index is 0.278. The van der Waals surface area contributed by atoms with Gasteiger partial charge in [-0.25, -0.2) is 0 Å². The van der Waals surface area contributed by atoms with E-state index in [0.717, 1.165) is 11.8 Å². The highest BCUT2D eigenvalue weighted by Crippen LogP contribution is 2.28. The number of esters is 1. The van der Waals surface area contributed by atoms with Gasteiger partial charge in [-0.2, -0.15) is 9.97 Å². The summed E-state index contributed by atoms with van der Waals surface area (Å²) in [7, 11) is 7.09. The third-order valence-electron chi connectivity index (χ3n) is 2.45. The first kappa shape index (κ1) is 17.5. The Labute approximate surface area is 127 Å². The number of aromatic nitrogens is 2. The molecule has 1 aromatic rings. The first-order chi connectivity index (χ1) is 10.1. The molecule has 1 aromatic heterocycles. The SMILES string of the molecule is COC(=O)C(Sc1nc(OC)cc(OC)n1)C(OC)OC. The maximum atomic E-state index is 11.9. The molecule has 9 heteroatoms. The largest absolute Gasteiger partial charge is 0.481 e. The number of thioether (sulfide) groups is 1. The summed E-state index contributed by atoms with van der Waals surface area (Å²) >= 11 is 1.03. The fourth-order valence-electron chi connectivity index (χ4n) is 1.43. The van der Waals surface area contributed by atoms with Crippen molar-refractivity contribution in [1.82, 2.24) is 9.97 Å². The molecular weight excluding hydrogens is 300 g/mol. The Morgan fingerprint density at radius 1 is 1.05 bits per heavy atom. The van der Waals surface area contributed by atoms with Crippen molar-refractivity contribution in [2.24, 2.45) is 0 Å². The highest BCUT2D eigenvalue weighted by Gasteiger charge is 2.32. The lowest BCUT2D eigenvalue weighted by Crippen LogP contribution is -2.35. The van der Waals surface area contributed by atoms with Crippen LogP contribution in [-0.4, -0.2) is 63.0 Å². The van der Waals surface area contributed by atoms with Gasteiger partial charge in [0.2, 0.25) is 11.8 Å². The summed E-state index contributed by atoms with van der Waals surface area (Å²) < 4.78 is 25.1. The molecule has 0 bridgehead atoms. The van der Waals surface area contributed by atoms with Crippen LogP contribution in [0.2, 0.25) is 0 Å². The van der Waals surface area contributed by atoms with Crippen LogP contribution in [0, 0.1) is 0 Å². The van der Waals surface area contributed by atoms with E-state index >= 15 is 0 Å². The summed E-state index contributed by atoms with van der Waals surface area (Å²) in [5, 5.41) is -0.512. The van der Waals surface area contributed by atoms with Gasteiger partial charge in [0.25, 0.3) is 0 Å². The number of methoxy groups -OCH3 is 5. The fraction of sp³-hybridized carbons (Fsp3) is 0.583. The van der Waals surface area contributed by atoms with E-state index in [1.807, 2.05) is 0 Å². The Hall–Kier alpha value is -1.58. The number of nitrogens with zero attached hydrogens (tertiary/aromatic N) is 2. The van der Waals surface area contributed by atoms with Crippen molar-refractivity contribution in [1.29, 1.82) is 0 Å². The van der Waals surface area contributed by atoms with E-state index < -0.39 is 17.5 Å². The van der Waals surface area contributed by atoms with Gasteiger partial charge in [-0.15, -0.1) is 0 Å². The van der Waals surface area contributed by atoms with E-state index in [4.69, 9.17) is 23.7 Å². The minimum atomic E-state index is -0.803. The van der Waals surface area contributed by atoms with E-state index in [1.165, 1.54) is 41.6 Å². The van der Waals surface area contributed by atoms with Crippen molar-refractivity contribution < 1.29 is 28.5 Å². The molecule has 0 radical (unpaired) electrons. The maximum absolute atomic E-state index is 11.9. The molecule has 0 amide bonds. The molecule has 0 N–H and O–H groups in total. The summed E-state index contributed by atoms with van der Waals surface area (Å²) in [6.45, 7) is 0. The van der Waals surface area contributed by atoms with Crippen molar-refractivity contribution in [3.8, 4) is 11.8 Å². The van der Waals surface area contributed by atoms with Crippen LogP contribution >= 0.6 is 11.8 Å². The first-order valence-electron chi connectivity index (χ1n) is 5.86. The Bertz CT molecular complexity index is 447. The van der Waals surface area contributed by atoms with E-state index in [1.54, 1.807) is 0 Å². The molecule has 0 spiro atoms. The lowest BCUT2D eigenvalue weighted by atomic mass is 10.4. The average Bonchev–Trinajstić information content (AvgIpc) is 2.53. The van der Waals surface area contributed by atoms with Gasteiger partial charge in [-0.05, 0) is 0 Å². The summed E-state index contributed by atoms with van der Waals surface area (Å²) in [6, 6.07) is 1.53. The molecule has 0 aliphatic rings. The summed E-state index contributed by atoms with van der Waals surface area (Å²) in [5.41, 5.74) is 0. The molecule has 0 aliphatic carbocycles. The van der Waals surface area contributed by atoms with Crippen LogP contribution in [0.15, 0.2) is 11.2 Å². The molecule has 0 saturated heterocycles. The van der Waals surface area contributed by atoms with Crippen LogP contribution in [0.4, 0.5) is 0 Å². The molecule has 0 aromatic carbocycles. The molecule has 1 unspecified atom stereocenters. The molecule has 1 heterocycles. The normalized spacial score (nSPS) is 12.1. The number of hydrogen-bond acceptors (Lipinski definition) is 9. The van der Waals surface area contributed by atoms with Crippen LogP contribution in [0.5, 0.6) is 11.8 Å². The van der Waals surface area contributed by atoms with Gasteiger partial charge in [0, 0.05) is 14.2 Å². The molecule has 0 saturated carbocycles.